The largest absolute Gasteiger partial charge is 0.340 e. The Balaban J connectivity index is 1.45. The zero-order valence-corrected chi connectivity index (χ0v) is 21.5. The first-order valence-corrected chi connectivity index (χ1v) is 13.6. The van der Waals surface area contributed by atoms with E-state index in [2.05, 4.69) is 0 Å². The van der Waals surface area contributed by atoms with Crippen LogP contribution in [-0.2, 0) is 34.5 Å². The van der Waals surface area contributed by atoms with Crippen LogP contribution in [0.5, 0.6) is 0 Å². The molecule has 2 N–H and O–H groups in total. The minimum atomic E-state index is -3.73. The zero-order valence-electron chi connectivity index (χ0n) is 20.7. The second-order valence-corrected chi connectivity index (χ2v) is 11.4. The van der Waals surface area contributed by atoms with Crippen molar-refractivity contribution >= 4 is 15.9 Å². The van der Waals surface area contributed by atoms with E-state index in [1.165, 1.54) is 4.31 Å². The van der Waals surface area contributed by atoms with Crippen LogP contribution in [0.15, 0.2) is 89.8 Å². The predicted molar refractivity (Wildman–Crippen MR) is 141 cm³/mol. The van der Waals surface area contributed by atoms with Crippen molar-refractivity contribution in [3.05, 3.63) is 102 Å². The zero-order chi connectivity index (χ0) is 25.5. The molecule has 7 nitrogen and oxygen atoms in total. The van der Waals surface area contributed by atoms with Crippen molar-refractivity contribution in [2.24, 2.45) is 5.73 Å². The van der Waals surface area contributed by atoms with Crippen molar-refractivity contribution in [3.63, 3.8) is 0 Å². The van der Waals surface area contributed by atoms with Gasteiger partial charge in [0.05, 0.1) is 11.4 Å². The van der Waals surface area contributed by atoms with E-state index in [9.17, 15) is 13.2 Å². The number of hydrogen-bond acceptors (Lipinski definition) is 5. The Labute approximate surface area is 214 Å². The van der Waals surface area contributed by atoms with Gasteiger partial charge in [0, 0.05) is 38.8 Å². The number of carbonyl (C=O) groups is 1. The Bertz CT molecular complexity index is 1190. The molecule has 0 bridgehead atoms. The molecule has 1 heterocycles. The van der Waals surface area contributed by atoms with E-state index in [4.69, 9.17) is 5.73 Å². The van der Waals surface area contributed by atoms with Crippen molar-refractivity contribution < 1.29 is 13.2 Å². The molecule has 1 amide bonds. The minimum Gasteiger partial charge on any atom is -0.340 e. The van der Waals surface area contributed by atoms with E-state index >= 15 is 0 Å². The van der Waals surface area contributed by atoms with Gasteiger partial charge >= 0.3 is 0 Å². The lowest BCUT2D eigenvalue weighted by Gasteiger charge is -2.23. The summed E-state index contributed by atoms with van der Waals surface area (Å²) < 4.78 is 28.8. The highest BCUT2D eigenvalue weighted by atomic mass is 32.2. The fraction of sp³-hybridized carbons (Fsp3) is 0.321. The average Bonchev–Trinajstić information content (AvgIpc) is 3.32. The Kier molecular flexibility index (Phi) is 8.53. The van der Waals surface area contributed by atoms with Crippen LogP contribution in [0.2, 0.25) is 0 Å². The first-order chi connectivity index (χ1) is 17.3. The van der Waals surface area contributed by atoms with E-state index in [1.807, 2.05) is 89.6 Å². The monoisotopic (exact) mass is 506 g/mol. The number of nitrogens with zero attached hydrogens (tertiary/aromatic N) is 3. The molecule has 36 heavy (non-hydrogen) atoms. The molecule has 1 aliphatic rings. The van der Waals surface area contributed by atoms with Crippen LogP contribution in [-0.4, -0.2) is 61.2 Å². The summed E-state index contributed by atoms with van der Waals surface area (Å²) in [5.74, 6) is 0.0714. The van der Waals surface area contributed by atoms with Crippen molar-refractivity contribution in [1.29, 1.82) is 0 Å². The Hall–Kier alpha value is -3.04. The van der Waals surface area contributed by atoms with E-state index in [0.29, 0.717) is 26.2 Å². The number of benzene rings is 3. The molecular formula is C28H34N4O3S. The van der Waals surface area contributed by atoms with Gasteiger partial charge < -0.3 is 10.6 Å². The first-order valence-electron chi connectivity index (χ1n) is 12.2. The average molecular weight is 507 g/mol. The van der Waals surface area contributed by atoms with Crippen molar-refractivity contribution in [3.8, 4) is 0 Å². The maximum Gasteiger partial charge on any atom is 0.243 e. The molecule has 0 aromatic heterocycles. The van der Waals surface area contributed by atoms with E-state index in [0.717, 1.165) is 23.1 Å². The molecule has 190 valence electrons. The Morgan fingerprint density at radius 1 is 0.861 bits per heavy atom. The van der Waals surface area contributed by atoms with Crippen LogP contribution >= 0.6 is 0 Å². The smallest absolute Gasteiger partial charge is 0.243 e. The van der Waals surface area contributed by atoms with Crippen LogP contribution in [0.4, 0.5) is 0 Å². The summed E-state index contributed by atoms with van der Waals surface area (Å²) in [5.41, 5.74) is 8.72. The fourth-order valence-corrected chi connectivity index (χ4v) is 5.84. The highest BCUT2D eigenvalue weighted by Crippen LogP contribution is 2.22. The summed E-state index contributed by atoms with van der Waals surface area (Å²) in [6.45, 7) is 2.73. The van der Waals surface area contributed by atoms with Crippen LogP contribution in [0.3, 0.4) is 0 Å². The van der Waals surface area contributed by atoms with Gasteiger partial charge in [-0.05, 0) is 42.3 Å². The van der Waals surface area contributed by atoms with Gasteiger partial charge in [-0.3, -0.25) is 9.69 Å². The fourth-order valence-electron chi connectivity index (χ4n) is 4.43. The number of amides is 1. The molecule has 0 spiro atoms. The van der Waals surface area contributed by atoms with Gasteiger partial charge in [0.15, 0.2) is 0 Å². The third-order valence-corrected chi connectivity index (χ3v) is 8.21. The maximum atomic E-state index is 13.6. The molecule has 1 saturated heterocycles. The molecule has 0 aliphatic carbocycles. The number of nitrogens with two attached hydrogens (primary N) is 1. The number of sulfonamides is 1. The van der Waals surface area contributed by atoms with Gasteiger partial charge in [0.25, 0.3) is 0 Å². The van der Waals surface area contributed by atoms with Gasteiger partial charge in [-0.1, -0.05) is 72.8 Å². The molecule has 1 atom stereocenters. The summed E-state index contributed by atoms with van der Waals surface area (Å²) in [6.07, 6.45) is 0.844. The third kappa shape index (κ3) is 6.79. The lowest BCUT2D eigenvalue weighted by atomic mass is 10.2. The van der Waals surface area contributed by atoms with Crippen molar-refractivity contribution in [1.82, 2.24) is 14.1 Å². The number of hydrogen-bond donors (Lipinski definition) is 1. The first kappa shape index (κ1) is 26.0. The van der Waals surface area contributed by atoms with Gasteiger partial charge in [0.1, 0.15) is 0 Å². The third-order valence-electron chi connectivity index (χ3n) is 6.40. The van der Waals surface area contributed by atoms with Crippen LogP contribution in [0, 0.1) is 0 Å². The van der Waals surface area contributed by atoms with Crippen molar-refractivity contribution in [2.75, 3.05) is 26.7 Å². The quantitative estimate of drug-likeness (QED) is 0.457. The molecule has 4 rings (SSSR count). The minimum absolute atomic E-state index is 0.0668. The number of carbonyl (C=O) groups excluding carboxylic acids is 1. The Morgan fingerprint density at radius 3 is 1.89 bits per heavy atom. The van der Waals surface area contributed by atoms with E-state index < -0.39 is 10.0 Å². The van der Waals surface area contributed by atoms with Gasteiger partial charge in [-0.2, -0.15) is 4.31 Å². The number of likely N-dealkylation sites (N-methyl/N-ethyl adjacent to an activating group) is 1. The molecule has 1 fully saturated rings. The maximum absolute atomic E-state index is 13.6. The lowest BCUT2D eigenvalue weighted by molar-refractivity contribution is -0.131. The second kappa shape index (κ2) is 11.8. The molecule has 0 saturated carbocycles. The van der Waals surface area contributed by atoms with E-state index in [1.54, 1.807) is 12.1 Å². The molecule has 3 aromatic carbocycles. The Morgan fingerprint density at radius 2 is 1.39 bits per heavy atom. The highest BCUT2D eigenvalue weighted by molar-refractivity contribution is 7.89. The number of rotatable bonds is 10. The standard InChI is InChI=1S/C28H34N4O3S/c1-30(22-28(33)31-17-16-26(29)21-31)18-25-12-14-27(15-13-25)36(34,35)32(19-23-8-4-2-5-9-23)20-24-10-6-3-7-11-24/h2-15,26H,16-22,29H2,1H3. The van der Waals surface area contributed by atoms with Gasteiger partial charge in [-0.15, -0.1) is 0 Å². The van der Waals surface area contributed by atoms with E-state index in [-0.39, 0.29) is 29.9 Å². The summed E-state index contributed by atoms with van der Waals surface area (Å²) in [7, 11) is -1.84. The molecule has 0 radical (unpaired) electrons. The molecule has 1 unspecified atom stereocenters. The SMILES string of the molecule is CN(CC(=O)N1CCC(N)C1)Cc1ccc(S(=O)(=O)N(Cc2ccccc2)Cc2ccccc2)cc1. The summed E-state index contributed by atoms with van der Waals surface area (Å²) in [4.78, 5) is 16.5. The lowest BCUT2D eigenvalue weighted by Crippen LogP contribution is -2.38. The van der Waals surface area contributed by atoms with Gasteiger partial charge in [0.2, 0.25) is 15.9 Å². The van der Waals surface area contributed by atoms with Crippen LogP contribution < -0.4 is 5.73 Å². The normalized spacial score (nSPS) is 16.1. The predicted octanol–water partition coefficient (Wildman–Crippen LogP) is 3.07. The summed E-state index contributed by atoms with van der Waals surface area (Å²) in [6, 6.07) is 26.3. The molecule has 8 heteroatoms. The number of likely N-dealkylation sites (tertiary alicyclic amines) is 1. The van der Waals surface area contributed by atoms with Crippen LogP contribution in [0.1, 0.15) is 23.1 Å². The second-order valence-electron chi connectivity index (χ2n) is 9.45. The van der Waals surface area contributed by atoms with Crippen LogP contribution in [0.25, 0.3) is 0 Å². The molecular weight excluding hydrogens is 472 g/mol. The van der Waals surface area contributed by atoms with Gasteiger partial charge in [-0.25, -0.2) is 8.42 Å². The topological polar surface area (TPSA) is 87.0 Å². The van der Waals surface area contributed by atoms with Crippen molar-refractivity contribution in [2.45, 2.75) is 37.0 Å². The molecule has 1 aliphatic heterocycles. The highest BCUT2D eigenvalue weighted by Gasteiger charge is 2.26. The molecule has 3 aromatic rings. The summed E-state index contributed by atoms with van der Waals surface area (Å²) >= 11 is 0. The summed E-state index contributed by atoms with van der Waals surface area (Å²) in [5, 5.41) is 0.